The highest BCUT2D eigenvalue weighted by Crippen LogP contribution is 2.40. The predicted molar refractivity (Wildman–Crippen MR) is 99.8 cm³/mol. The Bertz CT molecular complexity index is 555. The van der Waals surface area contributed by atoms with E-state index in [1.807, 2.05) is 0 Å². The summed E-state index contributed by atoms with van der Waals surface area (Å²) in [6.07, 6.45) is 16.0. The molecule has 2 aliphatic rings. The highest BCUT2D eigenvalue weighted by Gasteiger charge is 2.32. The van der Waals surface area contributed by atoms with Crippen molar-refractivity contribution in [3.63, 3.8) is 0 Å². The second-order valence-corrected chi connectivity index (χ2v) is 8.19. The predicted octanol–water partition coefficient (Wildman–Crippen LogP) is 5.52. The molecule has 0 bridgehead atoms. The fourth-order valence-corrected chi connectivity index (χ4v) is 4.52. The first-order chi connectivity index (χ1) is 11.1. The van der Waals surface area contributed by atoms with Gasteiger partial charge in [-0.2, -0.15) is 0 Å². The third-order valence-electron chi connectivity index (χ3n) is 5.95. The van der Waals surface area contributed by atoms with Crippen molar-refractivity contribution in [2.24, 2.45) is 11.7 Å². The molecule has 1 aromatic rings. The number of aryl methyl sites for hydroxylation is 1. The van der Waals surface area contributed by atoms with Gasteiger partial charge in [-0.25, -0.2) is 0 Å². The fraction of sp³-hybridized carbons (Fsp3) is 0.636. The first-order valence-corrected chi connectivity index (χ1v) is 9.63. The van der Waals surface area contributed by atoms with Crippen LogP contribution in [0.4, 0.5) is 0 Å². The largest absolute Gasteiger partial charge is 0.325 e. The van der Waals surface area contributed by atoms with E-state index in [9.17, 15) is 0 Å². The molecule has 0 amide bonds. The zero-order valence-electron chi connectivity index (χ0n) is 15.0. The van der Waals surface area contributed by atoms with Crippen LogP contribution in [-0.4, -0.2) is 5.54 Å². The Balaban J connectivity index is 1.61. The summed E-state index contributed by atoms with van der Waals surface area (Å²) >= 11 is 0. The Kier molecular flexibility index (Phi) is 5.26. The van der Waals surface area contributed by atoms with Crippen molar-refractivity contribution in [2.45, 2.75) is 83.1 Å². The molecular formula is C22H33N. The first-order valence-electron chi connectivity index (χ1n) is 9.63. The number of rotatable bonds is 5. The Hall–Kier alpha value is -1.08. The summed E-state index contributed by atoms with van der Waals surface area (Å²) in [6, 6.07) is 7.32. The minimum atomic E-state index is 0.0532. The normalized spacial score (nSPS) is 30.7. The van der Waals surface area contributed by atoms with Gasteiger partial charge >= 0.3 is 0 Å². The molecule has 0 aromatic heterocycles. The zero-order valence-corrected chi connectivity index (χ0v) is 15.0. The van der Waals surface area contributed by atoms with E-state index in [4.69, 9.17) is 5.73 Å². The Labute approximate surface area is 142 Å². The maximum Gasteiger partial charge on any atom is 0.0131 e. The molecule has 0 aliphatic heterocycles. The Morgan fingerprint density at radius 1 is 1.22 bits per heavy atom. The summed E-state index contributed by atoms with van der Waals surface area (Å²) in [6.45, 7) is 4.42. The van der Waals surface area contributed by atoms with E-state index in [-0.39, 0.29) is 5.54 Å². The van der Waals surface area contributed by atoms with Crippen LogP contribution in [0.15, 0.2) is 30.4 Å². The quantitative estimate of drug-likeness (QED) is 0.712. The van der Waals surface area contributed by atoms with Gasteiger partial charge in [-0.3, -0.25) is 0 Å². The molecule has 0 unspecified atom stereocenters. The van der Waals surface area contributed by atoms with Crippen LogP contribution in [0.2, 0.25) is 0 Å². The molecule has 3 rings (SSSR count). The van der Waals surface area contributed by atoms with E-state index in [1.54, 1.807) is 16.7 Å². The lowest BCUT2D eigenvalue weighted by Crippen LogP contribution is -2.32. The number of benzene rings is 1. The first kappa shape index (κ1) is 16.8. The third kappa shape index (κ3) is 4.26. The van der Waals surface area contributed by atoms with Gasteiger partial charge in [0.15, 0.2) is 0 Å². The topological polar surface area (TPSA) is 26.0 Å². The molecule has 1 saturated carbocycles. The average molecular weight is 312 g/mol. The summed E-state index contributed by atoms with van der Waals surface area (Å²) in [4.78, 5) is 0. The van der Waals surface area contributed by atoms with Crippen LogP contribution in [0.3, 0.4) is 0 Å². The highest BCUT2D eigenvalue weighted by atomic mass is 14.7. The molecule has 0 spiro atoms. The number of fused-ring (bicyclic) bond motifs is 1. The van der Waals surface area contributed by atoms with E-state index in [0.29, 0.717) is 5.92 Å². The molecule has 0 radical (unpaired) electrons. The monoisotopic (exact) mass is 311 g/mol. The maximum absolute atomic E-state index is 6.32. The number of hydrogen-bond acceptors (Lipinski definition) is 1. The summed E-state index contributed by atoms with van der Waals surface area (Å²) in [5, 5.41) is 0. The van der Waals surface area contributed by atoms with Gasteiger partial charge in [0, 0.05) is 5.54 Å². The lowest BCUT2D eigenvalue weighted by Gasteiger charge is -2.26. The van der Waals surface area contributed by atoms with Crippen LogP contribution < -0.4 is 5.73 Å². The molecule has 23 heavy (non-hydrogen) atoms. The van der Waals surface area contributed by atoms with Crippen LogP contribution in [0.25, 0.3) is 0 Å². The van der Waals surface area contributed by atoms with Crippen molar-refractivity contribution in [1.82, 2.24) is 0 Å². The zero-order chi connectivity index (χ0) is 16.3. The highest BCUT2D eigenvalue weighted by molar-refractivity contribution is 5.36. The number of hydrogen-bond donors (Lipinski definition) is 1. The Morgan fingerprint density at radius 2 is 2.09 bits per heavy atom. The van der Waals surface area contributed by atoms with Gasteiger partial charge in [-0.15, -0.1) is 0 Å². The Morgan fingerprint density at radius 3 is 2.83 bits per heavy atom. The van der Waals surface area contributed by atoms with Gasteiger partial charge in [-0.05, 0) is 93.2 Å². The molecule has 1 fully saturated rings. The van der Waals surface area contributed by atoms with Gasteiger partial charge in [0.05, 0.1) is 0 Å². The van der Waals surface area contributed by atoms with Crippen molar-refractivity contribution in [3.8, 4) is 0 Å². The molecule has 126 valence electrons. The van der Waals surface area contributed by atoms with Crippen LogP contribution >= 0.6 is 0 Å². The molecule has 1 heteroatoms. The smallest absolute Gasteiger partial charge is 0.0131 e. The van der Waals surface area contributed by atoms with E-state index in [1.165, 1.54) is 51.4 Å². The molecule has 0 heterocycles. The summed E-state index contributed by atoms with van der Waals surface area (Å²) in [5.41, 5.74) is 11.1. The fourth-order valence-electron chi connectivity index (χ4n) is 4.52. The van der Waals surface area contributed by atoms with E-state index >= 15 is 0 Å². The minimum Gasteiger partial charge on any atom is -0.325 e. The maximum atomic E-state index is 6.32. The minimum absolute atomic E-state index is 0.0532. The molecule has 0 saturated heterocycles. The average Bonchev–Trinajstić information content (AvgIpc) is 2.91. The molecule has 1 aromatic carbocycles. The van der Waals surface area contributed by atoms with Crippen molar-refractivity contribution in [1.29, 1.82) is 0 Å². The lowest BCUT2D eigenvalue weighted by molar-refractivity contribution is 0.430. The van der Waals surface area contributed by atoms with Gasteiger partial charge in [0.25, 0.3) is 0 Å². The second-order valence-electron chi connectivity index (χ2n) is 8.19. The summed E-state index contributed by atoms with van der Waals surface area (Å²) in [7, 11) is 0. The van der Waals surface area contributed by atoms with E-state index in [0.717, 1.165) is 12.3 Å². The lowest BCUT2D eigenvalue weighted by atomic mass is 9.80. The molecule has 2 N–H and O–H groups in total. The van der Waals surface area contributed by atoms with E-state index < -0.39 is 0 Å². The van der Waals surface area contributed by atoms with Gasteiger partial charge in [-0.1, -0.05) is 37.3 Å². The summed E-state index contributed by atoms with van der Waals surface area (Å²) in [5.74, 6) is 1.57. The van der Waals surface area contributed by atoms with Crippen molar-refractivity contribution < 1.29 is 0 Å². The van der Waals surface area contributed by atoms with Gasteiger partial charge < -0.3 is 5.73 Å². The van der Waals surface area contributed by atoms with Crippen LogP contribution in [0.1, 0.15) is 81.4 Å². The SMILES string of the molecule is CC/C=C/CC[C@@H]1CCc2cc([C@H]3CC[C@@](C)(N)C3)ccc2C1. The summed E-state index contributed by atoms with van der Waals surface area (Å²) < 4.78 is 0. The molecule has 2 aliphatic carbocycles. The number of allylic oxidation sites excluding steroid dienone is 2. The molecule has 3 atom stereocenters. The third-order valence-corrected chi connectivity index (χ3v) is 5.95. The second kappa shape index (κ2) is 7.21. The number of nitrogens with two attached hydrogens (primary N) is 1. The van der Waals surface area contributed by atoms with Crippen LogP contribution in [-0.2, 0) is 12.8 Å². The standard InChI is InChI=1S/C22H33N/c1-3-4-5-6-7-17-8-9-19-15-20(11-10-18(19)14-17)21-12-13-22(2,23)16-21/h4-5,10-11,15,17,21H,3,6-9,12-14,16,23H2,1-2H3/b5-4+/t17-,21+,22-/m1/s1. The van der Waals surface area contributed by atoms with E-state index in [2.05, 4.69) is 44.2 Å². The van der Waals surface area contributed by atoms with Crippen molar-refractivity contribution >= 4 is 0 Å². The van der Waals surface area contributed by atoms with Crippen LogP contribution in [0, 0.1) is 5.92 Å². The van der Waals surface area contributed by atoms with Gasteiger partial charge in [0.2, 0.25) is 0 Å². The molecular weight excluding hydrogens is 278 g/mol. The van der Waals surface area contributed by atoms with Crippen molar-refractivity contribution in [3.05, 3.63) is 47.0 Å². The molecule has 1 nitrogen and oxygen atoms in total. The van der Waals surface area contributed by atoms with Gasteiger partial charge in [0.1, 0.15) is 0 Å². The van der Waals surface area contributed by atoms with Crippen molar-refractivity contribution in [2.75, 3.05) is 0 Å². The van der Waals surface area contributed by atoms with Crippen LogP contribution in [0.5, 0.6) is 0 Å².